The third-order valence-electron chi connectivity index (χ3n) is 2.20. The summed E-state index contributed by atoms with van der Waals surface area (Å²) in [5, 5.41) is 3.36. The minimum atomic E-state index is 0.411. The smallest absolute Gasteiger partial charge is 0.168 e. The molecule has 0 aliphatic heterocycles. The number of anilines is 1. The molecule has 0 saturated heterocycles. The fourth-order valence-electron chi connectivity index (χ4n) is 1.66. The summed E-state index contributed by atoms with van der Waals surface area (Å²) < 4.78 is 5.23. The van der Waals surface area contributed by atoms with E-state index in [0.29, 0.717) is 12.0 Å². The van der Waals surface area contributed by atoms with Gasteiger partial charge in [-0.15, -0.1) is 0 Å². The highest BCUT2D eigenvalue weighted by molar-refractivity contribution is 5.49. The molecule has 84 valence electrons. The van der Waals surface area contributed by atoms with E-state index in [0.717, 1.165) is 18.0 Å². The fraction of sp³-hybridized carbons (Fsp3) is 0.583. The summed E-state index contributed by atoms with van der Waals surface area (Å²) in [4.78, 5) is 4.26. The second kappa shape index (κ2) is 5.59. The Morgan fingerprint density at radius 1 is 1.40 bits per heavy atom. The number of methoxy groups -OCH3 is 1. The minimum Gasteiger partial charge on any atom is -0.493 e. The van der Waals surface area contributed by atoms with Crippen LogP contribution >= 0.6 is 0 Å². The summed E-state index contributed by atoms with van der Waals surface area (Å²) in [6, 6.07) is 4.20. The summed E-state index contributed by atoms with van der Waals surface area (Å²) in [5.41, 5.74) is 0. The zero-order valence-electron chi connectivity index (χ0n) is 9.95. The van der Waals surface area contributed by atoms with Crippen LogP contribution in [0.2, 0.25) is 0 Å². The summed E-state index contributed by atoms with van der Waals surface area (Å²) in [6.45, 7) is 6.59. The molecule has 1 aromatic rings. The average Bonchev–Trinajstić information content (AvgIpc) is 2.17. The second-order valence-corrected chi connectivity index (χ2v) is 4.23. The van der Waals surface area contributed by atoms with E-state index in [1.54, 1.807) is 13.3 Å². The first-order valence-electron chi connectivity index (χ1n) is 5.39. The molecule has 0 spiro atoms. The number of nitrogens with one attached hydrogen (secondary N) is 1. The SMILES string of the molecule is COc1cccnc1NC(C)CC(C)C. The molecule has 1 atom stereocenters. The van der Waals surface area contributed by atoms with Crippen molar-refractivity contribution in [2.45, 2.75) is 33.2 Å². The molecule has 0 aromatic carbocycles. The van der Waals surface area contributed by atoms with Crippen molar-refractivity contribution in [2.75, 3.05) is 12.4 Å². The predicted molar refractivity (Wildman–Crippen MR) is 63.3 cm³/mol. The van der Waals surface area contributed by atoms with Crippen LogP contribution in [0.15, 0.2) is 18.3 Å². The first-order valence-corrected chi connectivity index (χ1v) is 5.39. The molecule has 3 heteroatoms. The van der Waals surface area contributed by atoms with Gasteiger partial charge in [-0.1, -0.05) is 13.8 Å². The van der Waals surface area contributed by atoms with Gasteiger partial charge in [0.1, 0.15) is 0 Å². The van der Waals surface area contributed by atoms with Gasteiger partial charge in [-0.25, -0.2) is 4.98 Å². The Bertz CT molecular complexity index is 299. The Morgan fingerprint density at radius 2 is 2.13 bits per heavy atom. The molecular weight excluding hydrogens is 188 g/mol. The Balaban J connectivity index is 2.63. The third-order valence-corrected chi connectivity index (χ3v) is 2.20. The van der Waals surface area contributed by atoms with Crippen molar-refractivity contribution in [3.63, 3.8) is 0 Å². The summed E-state index contributed by atoms with van der Waals surface area (Å²) in [6.07, 6.45) is 2.90. The topological polar surface area (TPSA) is 34.1 Å². The van der Waals surface area contributed by atoms with Gasteiger partial charge in [0.15, 0.2) is 11.6 Å². The maximum absolute atomic E-state index is 5.23. The van der Waals surface area contributed by atoms with Gasteiger partial charge < -0.3 is 10.1 Å². The predicted octanol–water partition coefficient (Wildman–Crippen LogP) is 2.94. The molecule has 0 aliphatic rings. The van der Waals surface area contributed by atoms with Crippen LogP contribution in [-0.2, 0) is 0 Å². The minimum absolute atomic E-state index is 0.411. The maximum atomic E-state index is 5.23. The van der Waals surface area contributed by atoms with Crippen LogP contribution < -0.4 is 10.1 Å². The molecule has 0 aliphatic carbocycles. The van der Waals surface area contributed by atoms with E-state index in [-0.39, 0.29) is 0 Å². The van der Waals surface area contributed by atoms with E-state index >= 15 is 0 Å². The number of pyridine rings is 1. The lowest BCUT2D eigenvalue weighted by Crippen LogP contribution is -2.18. The summed E-state index contributed by atoms with van der Waals surface area (Å²) in [5.74, 6) is 2.31. The summed E-state index contributed by atoms with van der Waals surface area (Å²) in [7, 11) is 1.66. The zero-order chi connectivity index (χ0) is 11.3. The Kier molecular flexibility index (Phi) is 4.40. The average molecular weight is 208 g/mol. The van der Waals surface area contributed by atoms with Crippen molar-refractivity contribution in [2.24, 2.45) is 5.92 Å². The molecule has 15 heavy (non-hydrogen) atoms. The van der Waals surface area contributed by atoms with Crippen LogP contribution in [-0.4, -0.2) is 18.1 Å². The molecule has 0 saturated carbocycles. The van der Waals surface area contributed by atoms with Crippen molar-refractivity contribution in [3.8, 4) is 5.75 Å². The fourth-order valence-corrected chi connectivity index (χ4v) is 1.66. The van der Waals surface area contributed by atoms with E-state index in [2.05, 4.69) is 31.1 Å². The number of ether oxygens (including phenoxy) is 1. The highest BCUT2D eigenvalue weighted by atomic mass is 16.5. The van der Waals surface area contributed by atoms with Crippen LogP contribution in [0.4, 0.5) is 5.82 Å². The molecule has 0 radical (unpaired) electrons. The molecule has 1 aromatic heterocycles. The highest BCUT2D eigenvalue weighted by Gasteiger charge is 2.08. The lowest BCUT2D eigenvalue weighted by Gasteiger charge is -2.17. The molecule has 3 nitrogen and oxygen atoms in total. The second-order valence-electron chi connectivity index (χ2n) is 4.23. The van der Waals surface area contributed by atoms with Gasteiger partial charge >= 0.3 is 0 Å². The van der Waals surface area contributed by atoms with E-state index in [1.807, 2.05) is 12.1 Å². The van der Waals surface area contributed by atoms with Gasteiger partial charge in [0.2, 0.25) is 0 Å². The zero-order valence-corrected chi connectivity index (χ0v) is 9.95. The molecule has 0 amide bonds. The number of hydrogen-bond acceptors (Lipinski definition) is 3. The first-order chi connectivity index (χ1) is 7.13. The van der Waals surface area contributed by atoms with Crippen molar-refractivity contribution < 1.29 is 4.74 Å². The van der Waals surface area contributed by atoms with Gasteiger partial charge in [0.25, 0.3) is 0 Å². The number of aromatic nitrogens is 1. The van der Waals surface area contributed by atoms with Crippen molar-refractivity contribution >= 4 is 5.82 Å². The molecule has 1 unspecified atom stereocenters. The van der Waals surface area contributed by atoms with Crippen LogP contribution in [0.3, 0.4) is 0 Å². The molecule has 0 bridgehead atoms. The largest absolute Gasteiger partial charge is 0.493 e. The number of hydrogen-bond donors (Lipinski definition) is 1. The lowest BCUT2D eigenvalue weighted by atomic mass is 10.1. The standard InChI is InChI=1S/C12H20N2O/c1-9(2)8-10(3)14-12-11(15-4)6-5-7-13-12/h5-7,9-10H,8H2,1-4H3,(H,13,14). The van der Waals surface area contributed by atoms with Gasteiger partial charge in [-0.3, -0.25) is 0 Å². The van der Waals surface area contributed by atoms with E-state index in [4.69, 9.17) is 4.74 Å². The van der Waals surface area contributed by atoms with Crippen LogP contribution in [0.5, 0.6) is 5.75 Å². The van der Waals surface area contributed by atoms with Crippen molar-refractivity contribution in [3.05, 3.63) is 18.3 Å². The van der Waals surface area contributed by atoms with Gasteiger partial charge in [0, 0.05) is 12.2 Å². The van der Waals surface area contributed by atoms with E-state index in [9.17, 15) is 0 Å². The van der Waals surface area contributed by atoms with Gasteiger partial charge in [-0.05, 0) is 31.4 Å². The molecule has 1 heterocycles. The van der Waals surface area contributed by atoms with Gasteiger partial charge in [0.05, 0.1) is 7.11 Å². The number of nitrogens with zero attached hydrogens (tertiary/aromatic N) is 1. The van der Waals surface area contributed by atoms with Crippen molar-refractivity contribution in [1.29, 1.82) is 0 Å². The lowest BCUT2D eigenvalue weighted by molar-refractivity contribution is 0.413. The van der Waals surface area contributed by atoms with Gasteiger partial charge in [-0.2, -0.15) is 0 Å². The Morgan fingerprint density at radius 3 is 2.73 bits per heavy atom. The third kappa shape index (κ3) is 3.78. The van der Waals surface area contributed by atoms with Crippen molar-refractivity contribution in [1.82, 2.24) is 4.98 Å². The first kappa shape index (κ1) is 11.8. The normalized spacial score (nSPS) is 12.6. The Hall–Kier alpha value is -1.25. The monoisotopic (exact) mass is 208 g/mol. The Labute approximate surface area is 91.9 Å². The van der Waals surface area contributed by atoms with Crippen LogP contribution in [0, 0.1) is 5.92 Å². The number of rotatable bonds is 5. The molecular formula is C12H20N2O. The molecule has 0 fully saturated rings. The molecule has 1 N–H and O–H groups in total. The van der Waals surface area contributed by atoms with Crippen LogP contribution in [0.1, 0.15) is 27.2 Å². The highest BCUT2D eigenvalue weighted by Crippen LogP contribution is 2.21. The molecule has 1 rings (SSSR count). The van der Waals surface area contributed by atoms with E-state index in [1.165, 1.54) is 0 Å². The quantitative estimate of drug-likeness (QED) is 0.807. The van der Waals surface area contributed by atoms with E-state index < -0.39 is 0 Å². The van der Waals surface area contributed by atoms with Crippen LogP contribution in [0.25, 0.3) is 0 Å². The summed E-state index contributed by atoms with van der Waals surface area (Å²) >= 11 is 0. The maximum Gasteiger partial charge on any atom is 0.168 e.